The molecular weight excluding hydrogens is 436 g/mol. The van der Waals surface area contributed by atoms with Crippen molar-refractivity contribution in [2.45, 2.75) is 26.8 Å². The number of ketones is 1. The molecule has 0 saturated carbocycles. The number of esters is 1. The Kier molecular flexibility index (Phi) is 7.19. The summed E-state index contributed by atoms with van der Waals surface area (Å²) in [5.74, 6) is -1.01. The van der Waals surface area contributed by atoms with E-state index in [1.54, 1.807) is 62.7 Å². The molecule has 0 bridgehead atoms. The number of hydrogen-bond donors (Lipinski definition) is 0. The number of amides is 1. The summed E-state index contributed by atoms with van der Waals surface area (Å²) in [5, 5.41) is 0. The number of methoxy groups -OCH3 is 1. The van der Waals surface area contributed by atoms with Crippen LogP contribution in [0.15, 0.2) is 41.4 Å². The van der Waals surface area contributed by atoms with Gasteiger partial charge in [0.05, 0.1) is 13.2 Å². The molecule has 1 unspecified atom stereocenters. The molecule has 0 saturated heterocycles. The first kappa shape index (κ1) is 22.6. The van der Waals surface area contributed by atoms with Gasteiger partial charge in [-0.25, -0.2) is 4.79 Å². The lowest BCUT2D eigenvalue weighted by Gasteiger charge is -2.27. The highest BCUT2D eigenvalue weighted by Gasteiger charge is 2.32. The smallest absolute Gasteiger partial charge is 0.354 e. The largest absolute Gasteiger partial charge is 0.464 e. The molecule has 0 aliphatic carbocycles. The highest BCUT2D eigenvalue weighted by molar-refractivity contribution is 9.10. The van der Waals surface area contributed by atoms with Crippen molar-refractivity contribution in [1.29, 1.82) is 0 Å². The van der Waals surface area contributed by atoms with Crippen molar-refractivity contribution in [3.05, 3.63) is 69.5 Å². The fourth-order valence-corrected chi connectivity index (χ4v) is 3.66. The van der Waals surface area contributed by atoms with Gasteiger partial charge in [0.2, 0.25) is 0 Å². The van der Waals surface area contributed by atoms with E-state index in [1.165, 1.54) is 12.0 Å². The topological polar surface area (TPSA) is 68.6 Å². The summed E-state index contributed by atoms with van der Waals surface area (Å²) < 4.78 is 7.35. The van der Waals surface area contributed by atoms with Gasteiger partial charge in [-0.15, -0.1) is 6.58 Å². The van der Waals surface area contributed by atoms with Crippen molar-refractivity contribution < 1.29 is 19.1 Å². The van der Waals surface area contributed by atoms with Gasteiger partial charge in [0.15, 0.2) is 5.78 Å². The predicted molar refractivity (Wildman–Crippen MR) is 115 cm³/mol. The predicted octanol–water partition coefficient (Wildman–Crippen LogP) is 4.09. The lowest BCUT2D eigenvalue weighted by Crippen LogP contribution is -2.43. The van der Waals surface area contributed by atoms with Crippen LogP contribution in [0.1, 0.15) is 49.4 Å². The van der Waals surface area contributed by atoms with E-state index in [2.05, 4.69) is 22.5 Å². The van der Waals surface area contributed by atoms with Gasteiger partial charge in [-0.1, -0.05) is 22.0 Å². The van der Waals surface area contributed by atoms with Gasteiger partial charge in [-0.2, -0.15) is 0 Å². The van der Waals surface area contributed by atoms with Crippen LogP contribution in [0.3, 0.4) is 0 Å². The Balaban J connectivity index is 2.45. The SMILES string of the molecule is C=CCN(C(=O)c1ccc(Br)cc1)C(C)C(=O)c1c(C)c(C(=O)OC)n(C)c1C. The van der Waals surface area contributed by atoms with Crippen LogP contribution >= 0.6 is 15.9 Å². The van der Waals surface area contributed by atoms with Crippen LogP contribution in [0.4, 0.5) is 0 Å². The number of halogens is 1. The molecule has 0 spiro atoms. The number of ether oxygens (including phenoxy) is 1. The minimum atomic E-state index is -0.741. The summed E-state index contributed by atoms with van der Waals surface area (Å²) in [4.78, 5) is 40.0. The van der Waals surface area contributed by atoms with Gasteiger partial charge in [-0.05, 0) is 50.6 Å². The zero-order chi connectivity index (χ0) is 21.9. The lowest BCUT2D eigenvalue weighted by molar-refractivity contribution is 0.0588. The number of hydrogen-bond acceptors (Lipinski definition) is 4. The quantitative estimate of drug-likeness (QED) is 0.354. The number of Topliss-reactive ketones (excluding diaryl/α,β-unsaturated/α-hetero) is 1. The van der Waals surface area contributed by atoms with E-state index < -0.39 is 12.0 Å². The van der Waals surface area contributed by atoms with Gasteiger partial charge < -0.3 is 14.2 Å². The van der Waals surface area contributed by atoms with Gasteiger partial charge in [0, 0.05) is 34.9 Å². The molecule has 0 fully saturated rings. The van der Waals surface area contributed by atoms with Crippen LogP contribution in [-0.4, -0.2) is 46.8 Å². The Morgan fingerprint density at radius 3 is 2.34 bits per heavy atom. The maximum absolute atomic E-state index is 13.4. The van der Waals surface area contributed by atoms with E-state index >= 15 is 0 Å². The molecule has 1 atom stereocenters. The summed E-state index contributed by atoms with van der Waals surface area (Å²) in [5.41, 5.74) is 2.43. The Morgan fingerprint density at radius 2 is 1.83 bits per heavy atom. The number of carbonyl (C=O) groups is 3. The zero-order valence-electron chi connectivity index (χ0n) is 17.3. The maximum atomic E-state index is 13.4. The number of carbonyl (C=O) groups excluding carboxylic acids is 3. The van der Waals surface area contributed by atoms with Crippen LogP contribution in [-0.2, 0) is 11.8 Å². The van der Waals surface area contributed by atoms with Crippen molar-refractivity contribution in [3.63, 3.8) is 0 Å². The molecule has 2 rings (SSSR count). The summed E-state index contributed by atoms with van der Waals surface area (Å²) in [7, 11) is 3.02. The second kappa shape index (κ2) is 9.22. The van der Waals surface area contributed by atoms with Crippen molar-refractivity contribution in [2.75, 3.05) is 13.7 Å². The Bertz CT molecular complexity index is 960. The molecule has 0 radical (unpaired) electrons. The van der Waals surface area contributed by atoms with E-state index in [4.69, 9.17) is 4.74 Å². The fraction of sp³-hybridized carbons (Fsp3) is 0.318. The van der Waals surface area contributed by atoms with Crippen molar-refractivity contribution in [3.8, 4) is 0 Å². The number of rotatable bonds is 7. The molecule has 0 N–H and O–H groups in total. The molecule has 0 aliphatic heterocycles. The molecule has 1 aromatic heterocycles. The van der Waals surface area contributed by atoms with E-state index in [0.29, 0.717) is 28.1 Å². The minimum Gasteiger partial charge on any atom is -0.464 e. The first-order valence-electron chi connectivity index (χ1n) is 9.11. The third kappa shape index (κ3) is 4.34. The van der Waals surface area contributed by atoms with E-state index in [9.17, 15) is 14.4 Å². The Labute approximate surface area is 179 Å². The van der Waals surface area contributed by atoms with Gasteiger partial charge in [-0.3, -0.25) is 9.59 Å². The van der Waals surface area contributed by atoms with Crippen LogP contribution in [0.2, 0.25) is 0 Å². The number of aromatic nitrogens is 1. The highest BCUT2D eigenvalue weighted by atomic mass is 79.9. The standard InChI is InChI=1S/C22H25BrN2O4/c1-7-12-25(21(27)16-8-10-17(23)11-9-16)15(4)20(26)18-13(2)19(22(28)29-6)24(5)14(18)3/h7-11,15H,1,12H2,2-6H3. The van der Waals surface area contributed by atoms with Crippen LogP contribution in [0.5, 0.6) is 0 Å². The highest BCUT2D eigenvalue weighted by Crippen LogP contribution is 2.25. The number of benzene rings is 1. The Hall–Kier alpha value is -2.67. The Morgan fingerprint density at radius 1 is 1.24 bits per heavy atom. The van der Waals surface area contributed by atoms with Crippen LogP contribution < -0.4 is 0 Å². The molecule has 0 aliphatic rings. The molecular formula is C22H25BrN2O4. The third-order valence-corrected chi connectivity index (χ3v) is 5.61. The van der Waals surface area contributed by atoms with Gasteiger partial charge in [0.1, 0.15) is 5.69 Å². The number of nitrogens with zero attached hydrogens (tertiary/aromatic N) is 2. The molecule has 154 valence electrons. The van der Waals surface area contributed by atoms with Crippen LogP contribution in [0, 0.1) is 13.8 Å². The molecule has 7 heteroatoms. The van der Waals surface area contributed by atoms with Crippen molar-refractivity contribution >= 4 is 33.6 Å². The summed E-state index contributed by atoms with van der Waals surface area (Å²) in [6.45, 7) is 9.11. The first-order chi connectivity index (χ1) is 13.6. The van der Waals surface area contributed by atoms with Gasteiger partial charge >= 0.3 is 5.97 Å². The average Bonchev–Trinajstić information content (AvgIpc) is 2.93. The first-order valence-corrected chi connectivity index (χ1v) is 9.90. The van der Waals surface area contributed by atoms with Crippen molar-refractivity contribution in [2.24, 2.45) is 7.05 Å². The monoisotopic (exact) mass is 460 g/mol. The normalized spacial score (nSPS) is 11.7. The summed E-state index contributed by atoms with van der Waals surface area (Å²) >= 11 is 3.35. The molecule has 29 heavy (non-hydrogen) atoms. The molecule has 1 aromatic carbocycles. The second-order valence-corrected chi connectivity index (χ2v) is 7.69. The third-order valence-electron chi connectivity index (χ3n) is 5.08. The molecule has 1 amide bonds. The van der Waals surface area contributed by atoms with E-state index in [1.807, 2.05) is 0 Å². The maximum Gasteiger partial charge on any atom is 0.354 e. The average molecular weight is 461 g/mol. The molecule has 1 heterocycles. The lowest BCUT2D eigenvalue weighted by atomic mass is 9.99. The molecule has 6 nitrogen and oxygen atoms in total. The van der Waals surface area contributed by atoms with Crippen molar-refractivity contribution in [1.82, 2.24) is 9.47 Å². The van der Waals surface area contributed by atoms with Gasteiger partial charge in [0.25, 0.3) is 5.91 Å². The van der Waals surface area contributed by atoms with E-state index in [-0.39, 0.29) is 18.2 Å². The minimum absolute atomic E-state index is 0.219. The summed E-state index contributed by atoms with van der Waals surface area (Å²) in [6.07, 6.45) is 1.59. The zero-order valence-corrected chi connectivity index (χ0v) is 18.9. The fourth-order valence-electron chi connectivity index (χ4n) is 3.39. The summed E-state index contributed by atoms with van der Waals surface area (Å²) in [6, 6.07) is 6.22. The van der Waals surface area contributed by atoms with Crippen LogP contribution in [0.25, 0.3) is 0 Å². The molecule has 2 aromatic rings. The van der Waals surface area contributed by atoms with E-state index in [0.717, 1.165) is 4.47 Å². The second-order valence-electron chi connectivity index (χ2n) is 6.78.